The summed E-state index contributed by atoms with van der Waals surface area (Å²) in [6, 6.07) is 20.4. The molecule has 0 unspecified atom stereocenters. The lowest BCUT2D eigenvalue weighted by atomic mass is 10.1. The molecule has 0 spiro atoms. The molecule has 0 radical (unpaired) electrons. The fourth-order valence-electron chi connectivity index (χ4n) is 4.11. The average Bonchev–Trinajstić information content (AvgIpc) is 3.37. The molecular formula is C31H32N2O8. The third-order valence-corrected chi connectivity index (χ3v) is 6.20. The number of benzene rings is 3. The minimum Gasteiger partial charge on any atom is -0.493 e. The van der Waals surface area contributed by atoms with Gasteiger partial charge in [-0.15, -0.1) is 0 Å². The van der Waals surface area contributed by atoms with Gasteiger partial charge in [0.15, 0.2) is 18.1 Å². The topological polar surface area (TPSA) is 120 Å². The van der Waals surface area contributed by atoms with E-state index in [2.05, 4.69) is 5.32 Å². The highest BCUT2D eigenvalue weighted by Crippen LogP contribution is 2.33. The van der Waals surface area contributed by atoms with Crippen LogP contribution in [0.25, 0.3) is 0 Å². The quantitative estimate of drug-likeness (QED) is 0.331. The van der Waals surface area contributed by atoms with Crippen molar-refractivity contribution in [2.45, 2.75) is 20.3 Å². The monoisotopic (exact) mass is 560 g/mol. The smallest absolute Gasteiger partial charge is 0.338 e. The largest absolute Gasteiger partial charge is 0.493 e. The zero-order chi connectivity index (χ0) is 29.4. The van der Waals surface area contributed by atoms with Crippen molar-refractivity contribution in [1.82, 2.24) is 0 Å². The molecule has 1 fully saturated rings. The molecule has 1 aliphatic rings. The number of carbonyl (C=O) groups excluding carboxylic acids is 4. The van der Waals surface area contributed by atoms with E-state index < -0.39 is 30.4 Å². The zero-order valence-corrected chi connectivity index (χ0v) is 23.1. The molecule has 1 atom stereocenters. The van der Waals surface area contributed by atoms with Crippen molar-refractivity contribution in [3.63, 3.8) is 0 Å². The summed E-state index contributed by atoms with van der Waals surface area (Å²) in [5.41, 5.74) is 1.42. The van der Waals surface area contributed by atoms with Crippen LogP contribution in [0.3, 0.4) is 0 Å². The van der Waals surface area contributed by atoms with Crippen LogP contribution in [0.2, 0.25) is 0 Å². The van der Waals surface area contributed by atoms with E-state index in [0.29, 0.717) is 40.8 Å². The van der Waals surface area contributed by atoms with E-state index in [9.17, 15) is 19.2 Å². The number of ether oxygens (including phenoxy) is 4. The van der Waals surface area contributed by atoms with Crippen molar-refractivity contribution < 1.29 is 38.1 Å². The van der Waals surface area contributed by atoms with Gasteiger partial charge in [0.25, 0.3) is 5.91 Å². The van der Waals surface area contributed by atoms with Crippen LogP contribution in [0.15, 0.2) is 72.8 Å². The first-order chi connectivity index (χ1) is 19.7. The van der Waals surface area contributed by atoms with Crippen LogP contribution in [-0.4, -0.2) is 50.6 Å². The maximum atomic E-state index is 12.6. The van der Waals surface area contributed by atoms with Gasteiger partial charge in [-0.3, -0.25) is 14.4 Å². The van der Waals surface area contributed by atoms with E-state index in [0.717, 1.165) is 0 Å². The highest BCUT2D eigenvalue weighted by Gasteiger charge is 2.36. The van der Waals surface area contributed by atoms with Crippen molar-refractivity contribution >= 4 is 35.1 Å². The second-order valence-electron chi connectivity index (χ2n) is 9.88. The Morgan fingerprint density at radius 2 is 1.61 bits per heavy atom. The molecule has 1 aliphatic heterocycles. The first-order valence-corrected chi connectivity index (χ1v) is 13.2. The van der Waals surface area contributed by atoms with Crippen LogP contribution in [0.1, 0.15) is 30.6 Å². The molecule has 3 aromatic carbocycles. The van der Waals surface area contributed by atoms with Crippen LogP contribution in [0.5, 0.6) is 17.2 Å². The molecule has 2 amide bonds. The predicted molar refractivity (Wildman–Crippen MR) is 151 cm³/mol. The van der Waals surface area contributed by atoms with Crippen molar-refractivity contribution in [3.05, 3.63) is 78.4 Å². The average molecular weight is 561 g/mol. The molecule has 3 aromatic rings. The van der Waals surface area contributed by atoms with E-state index in [1.165, 1.54) is 4.90 Å². The van der Waals surface area contributed by atoms with Crippen LogP contribution < -0.4 is 19.7 Å². The van der Waals surface area contributed by atoms with Gasteiger partial charge in [0.05, 0.1) is 25.2 Å². The SMILES string of the molecule is COc1ccccc1Oc1ccc(N2C[C@@H](C(=O)OCC(=O)Nc3ccc(C(=O)OCC(C)C)cc3)CC2=O)cc1. The molecule has 0 aliphatic carbocycles. The molecule has 1 heterocycles. The number of methoxy groups -OCH3 is 1. The number of nitrogens with one attached hydrogen (secondary N) is 1. The normalized spacial score (nSPS) is 14.5. The van der Waals surface area contributed by atoms with E-state index in [-0.39, 0.29) is 24.8 Å². The van der Waals surface area contributed by atoms with Gasteiger partial charge in [-0.05, 0) is 66.6 Å². The lowest BCUT2D eigenvalue weighted by molar-refractivity contribution is -0.151. The maximum absolute atomic E-state index is 12.6. The van der Waals surface area contributed by atoms with Crippen molar-refractivity contribution in [2.75, 3.05) is 37.1 Å². The van der Waals surface area contributed by atoms with E-state index >= 15 is 0 Å². The first kappa shape index (κ1) is 29.1. The summed E-state index contributed by atoms with van der Waals surface area (Å²) in [5, 5.41) is 2.61. The highest BCUT2D eigenvalue weighted by molar-refractivity contribution is 6.00. The number of hydrogen-bond acceptors (Lipinski definition) is 8. The minimum atomic E-state index is -0.698. The Kier molecular flexibility index (Phi) is 9.57. The van der Waals surface area contributed by atoms with Gasteiger partial charge in [0, 0.05) is 24.3 Å². The molecule has 214 valence electrons. The number of hydrogen-bond donors (Lipinski definition) is 1. The maximum Gasteiger partial charge on any atom is 0.338 e. The number of anilines is 2. The summed E-state index contributed by atoms with van der Waals surface area (Å²) in [5.74, 6) is -0.587. The molecule has 0 saturated carbocycles. The predicted octanol–water partition coefficient (Wildman–Crippen LogP) is 4.84. The number of nitrogens with zero attached hydrogens (tertiary/aromatic N) is 1. The summed E-state index contributed by atoms with van der Waals surface area (Å²) in [6.07, 6.45) is -0.0196. The molecule has 41 heavy (non-hydrogen) atoms. The molecule has 0 aromatic heterocycles. The second kappa shape index (κ2) is 13.5. The fourth-order valence-corrected chi connectivity index (χ4v) is 4.11. The lowest BCUT2D eigenvalue weighted by Gasteiger charge is -2.17. The summed E-state index contributed by atoms with van der Waals surface area (Å²) in [4.78, 5) is 51.1. The third kappa shape index (κ3) is 7.84. The number of rotatable bonds is 11. The minimum absolute atomic E-state index is 0.0196. The Balaban J connectivity index is 1.25. The molecule has 0 bridgehead atoms. The Hall–Kier alpha value is -4.86. The molecule has 10 nitrogen and oxygen atoms in total. The van der Waals surface area contributed by atoms with Crippen LogP contribution in [0.4, 0.5) is 11.4 Å². The standard InChI is InChI=1S/C31H32N2O8/c1-20(2)18-39-30(36)21-8-10-23(11-9-21)32-28(34)19-40-31(37)22-16-29(35)33(17-22)24-12-14-25(15-13-24)41-27-7-5-4-6-26(27)38-3/h4-15,20,22H,16-19H2,1-3H3,(H,32,34)/t22-/m0/s1. The number of carbonyl (C=O) groups is 4. The van der Waals surface area contributed by atoms with Crippen LogP contribution in [-0.2, 0) is 23.9 Å². The van der Waals surface area contributed by atoms with Gasteiger partial charge >= 0.3 is 11.9 Å². The van der Waals surface area contributed by atoms with Gasteiger partial charge in [-0.2, -0.15) is 0 Å². The Labute approximate surface area is 238 Å². The molecule has 4 rings (SSSR count). The van der Waals surface area contributed by atoms with Gasteiger partial charge in [-0.25, -0.2) is 4.79 Å². The molecule has 1 saturated heterocycles. The summed E-state index contributed by atoms with van der Waals surface area (Å²) in [7, 11) is 1.56. The summed E-state index contributed by atoms with van der Waals surface area (Å²) in [6.45, 7) is 3.84. The summed E-state index contributed by atoms with van der Waals surface area (Å²) >= 11 is 0. The lowest BCUT2D eigenvalue weighted by Crippen LogP contribution is -2.28. The Bertz CT molecular complexity index is 1390. The van der Waals surface area contributed by atoms with Crippen molar-refractivity contribution in [1.29, 1.82) is 0 Å². The number of para-hydroxylation sites is 2. The fraction of sp³-hybridized carbons (Fsp3) is 0.290. The second-order valence-corrected chi connectivity index (χ2v) is 9.88. The van der Waals surface area contributed by atoms with Gasteiger partial charge < -0.3 is 29.2 Å². The number of esters is 2. The van der Waals surface area contributed by atoms with Crippen LogP contribution >= 0.6 is 0 Å². The Morgan fingerprint density at radius 1 is 0.927 bits per heavy atom. The first-order valence-electron chi connectivity index (χ1n) is 13.2. The van der Waals surface area contributed by atoms with Gasteiger partial charge in [0.2, 0.25) is 5.91 Å². The number of amides is 2. The van der Waals surface area contributed by atoms with Gasteiger partial charge in [0.1, 0.15) is 5.75 Å². The zero-order valence-electron chi connectivity index (χ0n) is 23.1. The van der Waals surface area contributed by atoms with E-state index in [1.54, 1.807) is 67.8 Å². The third-order valence-electron chi connectivity index (χ3n) is 6.20. The summed E-state index contributed by atoms with van der Waals surface area (Å²) < 4.78 is 21.5. The molecular weight excluding hydrogens is 528 g/mol. The van der Waals surface area contributed by atoms with E-state index in [4.69, 9.17) is 18.9 Å². The van der Waals surface area contributed by atoms with E-state index in [1.807, 2.05) is 26.0 Å². The van der Waals surface area contributed by atoms with Crippen LogP contribution in [0, 0.1) is 11.8 Å². The molecule has 10 heteroatoms. The Morgan fingerprint density at radius 3 is 2.27 bits per heavy atom. The van der Waals surface area contributed by atoms with Crippen molar-refractivity contribution in [3.8, 4) is 17.2 Å². The highest BCUT2D eigenvalue weighted by atomic mass is 16.5. The van der Waals surface area contributed by atoms with Gasteiger partial charge in [-0.1, -0.05) is 26.0 Å². The van der Waals surface area contributed by atoms with Crippen molar-refractivity contribution in [2.24, 2.45) is 11.8 Å². The molecule has 1 N–H and O–H groups in total.